The van der Waals surface area contributed by atoms with Crippen molar-refractivity contribution in [2.45, 2.75) is 105 Å². The normalized spacial score (nSPS) is 19.7. The lowest BCUT2D eigenvalue weighted by atomic mass is 9.84. The summed E-state index contributed by atoms with van der Waals surface area (Å²) in [5.74, 6) is -3.24. The van der Waals surface area contributed by atoms with Crippen LogP contribution in [0.4, 0.5) is 4.79 Å². The van der Waals surface area contributed by atoms with Crippen molar-refractivity contribution in [3.8, 4) is 5.75 Å². The van der Waals surface area contributed by atoms with Gasteiger partial charge in [-0.3, -0.25) is 19.2 Å². The summed E-state index contributed by atoms with van der Waals surface area (Å²) in [6, 6.07) is 2.26. The summed E-state index contributed by atoms with van der Waals surface area (Å²) < 4.78 is 10.7. The van der Waals surface area contributed by atoms with Crippen LogP contribution in [0.15, 0.2) is 24.3 Å². The third-order valence-corrected chi connectivity index (χ3v) is 9.13. The number of rotatable bonds is 15. The summed E-state index contributed by atoms with van der Waals surface area (Å²) in [4.78, 5) is 80.3. The van der Waals surface area contributed by atoms with E-state index < -0.39 is 65.1 Å². The molecule has 2 aliphatic rings. The molecule has 5 amide bonds. The Hall–Kier alpha value is -4.16. The quantitative estimate of drug-likeness (QED) is 0.162. The first-order chi connectivity index (χ1) is 22.4. The zero-order valence-corrected chi connectivity index (χ0v) is 29.5. The molecule has 1 saturated heterocycles. The molecule has 0 radical (unpaired) electrons. The molecule has 5 N–H and O–H groups in total. The Morgan fingerprint density at radius 2 is 1.56 bits per heavy atom. The number of esters is 1. The summed E-state index contributed by atoms with van der Waals surface area (Å²) in [5, 5.41) is 8.18. The first kappa shape index (κ1) is 38.3. The smallest absolute Gasteiger partial charge is 0.329 e. The highest BCUT2D eigenvalue weighted by Crippen LogP contribution is 2.35. The van der Waals surface area contributed by atoms with E-state index in [4.69, 9.17) is 15.2 Å². The highest BCUT2D eigenvalue weighted by atomic mass is 16.5. The molecule has 1 aliphatic heterocycles. The van der Waals surface area contributed by atoms with E-state index in [2.05, 4.69) is 16.0 Å². The van der Waals surface area contributed by atoms with E-state index in [0.29, 0.717) is 18.6 Å². The molecule has 13 nitrogen and oxygen atoms in total. The third-order valence-electron chi connectivity index (χ3n) is 9.13. The lowest BCUT2D eigenvalue weighted by Gasteiger charge is -2.37. The second-order valence-corrected chi connectivity index (χ2v) is 14.7. The molecule has 1 heterocycles. The molecule has 1 aromatic carbocycles. The highest BCUT2D eigenvalue weighted by Gasteiger charge is 2.48. The molecule has 1 unspecified atom stereocenters. The van der Waals surface area contributed by atoms with Gasteiger partial charge < -0.3 is 36.1 Å². The van der Waals surface area contributed by atoms with Crippen molar-refractivity contribution >= 4 is 35.5 Å². The summed E-state index contributed by atoms with van der Waals surface area (Å²) >= 11 is 0. The average molecular weight is 672 g/mol. The van der Waals surface area contributed by atoms with Crippen molar-refractivity contribution in [2.24, 2.45) is 34.8 Å². The molecular formula is C35H53N5O8. The van der Waals surface area contributed by atoms with Gasteiger partial charge in [0.1, 0.15) is 30.5 Å². The van der Waals surface area contributed by atoms with Gasteiger partial charge in [0.15, 0.2) is 0 Å². The standard InChI is InChI=1S/C35H53N5O8/c1-19(2)24-15-16-40(27(24)31(43)37-25(17-21-9-10-21)28(41)30(36)42)32(44)29(35(5,6)7)39-34(46)38-26(20(3)4)33(45)48-18-22-11-13-23(47-8)14-12-22/h11-14,19-21,24-27,29H,9-10,15-18H2,1-8H3,(H2,36,42)(H,37,43)(H2,38,39,46)/t24-,25?,26+,27+,29-/m1/s1. The van der Waals surface area contributed by atoms with E-state index in [1.807, 2.05) is 13.8 Å². The van der Waals surface area contributed by atoms with Gasteiger partial charge in [-0.1, -0.05) is 73.4 Å². The zero-order chi connectivity index (χ0) is 35.9. The van der Waals surface area contributed by atoms with E-state index in [1.54, 1.807) is 66.0 Å². The predicted octanol–water partition coefficient (Wildman–Crippen LogP) is 2.69. The molecule has 0 spiro atoms. The first-order valence-electron chi connectivity index (χ1n) is 16.8. The Morgan fingerprint density at radius 3 is 2.06 bits per heavy atom. The zero-order valence-electron chi connectivity index (χ0n) is 29.5. The van der Waals surface area contributed by atoms with Gasteiger partial charge in [0, 0.05) is 6.54 Å². The van der Waals surface area contributed by atoms with Crippen LogP contribution in [0, 0.1) is 29.1 Å². The number of carbonyl (C=O) groups excluding carboxylic acids is 6. The third kappa shape index (κ3) is 10.2. The first-order valence-corrected chi connectivity index (χ1v) is 16.8. The van der Waals surface area contributed by atoms with Crippen LogP contribution in [0.25, 0.3) is 0 Å². The summed E-state index contributed by atoms with van der Waals surface area (Å²) in [6.07, 6.45) is 2.66. The molecule has 3 rings (SSSR count). The number of Topliss-reactive ketones (excluding diaryl/α,β-unsaturated/α-hetero) is 1. The van der Waals surface area contributed by atoms with E-state index in [0.717, 1.165) is 18.4 Å². The maximum Gasteiger partial charge on any atom is 0.329 e. The Balaban J connectivity index is 1.75. The fourth-order valence-corrected chi connectivity index (χ4v) is 6.04. The fraction of sp³-hybridized carbons (Fsp3) is 0.657. The number of nitrogens with one attached hydrogen (secondary N) is 3. The van der Waals surface area contributed by atoms with Crippen molar-refractivity contribution in [1.29, 1.82) is 0 Å². The van der Waals surface area contributed by atoms with Crippen molar-refractivity contribution in [3.63, 3.8) is 0 Å². The lowest BCUT2D eigenvalue weighted by molar-refractivity contribution is -0.148. The number of nitrogens with zero attached hydrogens (tertiary/aromatic N) is 1. The molecule has 1 saturated carbocycles. The second-order valence-electron chi connectivity index (χ2n) is 14.7. The van der Waals surface area contributed by atoms with Crippen LogP contribution >= 0.6 is 0 Å². The maximum absolute atomic E-state index is 14.2. The number of ether oxygens (including phenoxy) is 2. The van der Waals surface area contributed by atoms with Crippen LogP contribution < -0.4 is 26.4 Å². The molecule has 1 aliphatic carbocycles. The number of methoxy groups -OCH3 is 1. The largest absolute Gasteiger partial charge is 0.497 e. The number of benzene rings is 1. The van der Waals surface area contributed by atoms with Gasteiger partial charge >= 0.3 is 12.0 Å². The minimum absolute atomic E-state index is 0.000427. The molecule has 2 fully saturated rings. The fourth-order valence-electron chi connectivity index (χ4n) is 6.04. The number of nitrogens with two attached hydrogens (primary N) is 1. The van der Waals surface area contributed by atoms with Crippen LogP contribution in [0.3, 0.4) is 0 Å². The van der Waals surface area contributed by atoms with E-state index in [9.17, 15) is 28.8 Å². The van der Waals surface area contributed by atoms with Crippen LogP contribution in [0.2, 0.25) is 0 Å². The number of primary amides is 1. The van der Waals surface area contributed by atoms with E-state index in [-0.39, 0.29) is 36.8 Å². The summed E-state index contributed by atoms with van der Waals surface area (Å²) in [5.41, 5.74) is 5.25. The molecule has 266 valence electrons. The van der Waals surface area contributed by atoms with Crippen LogP contribution in [-0.4, -0.2) is 78.2 Å². The number of hydrogen-bond donors (Lipinski definition) is 4. The van der Waals surface area contributed by atoms with Crippen LogP contribution in [0.1, 0.15) is 79.7 Å². The second kappa shape index (κ2) is 16.3. The van der Waals surface area contributed by atoms with Crippen molar-refractivity contribution in [2.75, 3.05) is 13.7 Å². The monoisotopic (exact) mass is 671 g/mol. The van der Waals surface area contributed by atoms with E-state index in [1.165, 1.54) is 4.90 Å². The average Bonchev–Trinajstić information content (AvgIpc) is 3.72. The van der Waals surface area contributed by atoms with Crippen LogP contribution in [0.5, 0.6) is 5.75 Å². The number of ketones is 1. The number of hydrogen-bond acceptors (Lipinski definition) is 8. The lowest BCUT2D eigenvalue weighted by Crippen LogP contribution is -2.62. The number of urea groups is 1. The highest BCUT2D eigenvalue weighted by molar-refractivity contribution is 6.37. The summed E-state index contributed by atoms with van der Waals surface area (Å²) in [6.45, 7) is 13.1. The maximum atomic E-state index is 14.2. The van der Waals surface area contributed by atoms with Gasteiger partial charge in [0.2, 0.25) is 17.6 Å². The predicted molar refractivity (Wildman–Crippen MR) is 178 cm³/mol. The van der Waals surface area contributed by atoms with Gasteiger partial charge in [-0.05, 0) is 59.6 Å². The number of likely N-dealkylation sites (tertiary alicyclic amines) is 1. The molecule has 13 heteroatoms. The molecule has 5 atom stereocenters. The Labute approximate surface area is 283 Å². The minimum Gasteiger partial charge on any atom is -0.497 e. The van der Waals surface area contributed by atoms with Gasteiger partial charge in [-0.25, -0.2) is 9.59 Å². The minimum atomic E-state index is -1.12. The number of carbonyl (C=O) groups is 6. The molecule has 0 bridgehead atoms. The topological polar surface area (TPSA) is 186 Å². The van der Waals surface area contributed by atoms with Gasteiger partial charge in [0.05, 0.1) is 13.2 Å². The van der Waals surface area contributed by atoms with Crippen LogP contribution in [-0.2, 0) is 35.3 Å². The Bertz CT molecular complexity index is 1340. The Kier molecular flexibility index (Phi) is 13.0. The van der Waals surface area contributed by atoms with Gasteiger partial charge in [-0.2, -0.15) is 0 Å². The van der Waals surface area contributed by atoms with Crippen molar-refractivity contribution < 1.29 is 38.2 Å². The van der Waals surface area contributed by atoms with Crippen molar-refractivity contribution in [3.05, 3.63) is 29.8 Å². The molecular weight excluding hydrogens is 618 g/mol. The summed E-state index contributed by atoms with van der Waals surface area (Å²) in [7, 11) is 1.56. The molecule has 48 heavy (non-hydrogen) atoms. The SMILES string of the molecule is COc1ccc(COC(=O)[C@@H](NC(=O)N[C@H](C(=O)N2CC[C@H](C(C)C)[C@H]2C(=O)NC(CC2CC2)C(=O)C(N)=O)C(C)(C)C)C(C)C)cc1. The van der Waals surface area contributed by atoms with E-state index >= 15 is 0 Å². The molecule has 1 aromatic rings. The number of amides is 5. The van der Waals surface area contributed by atoms with Gasteiger partial charge in [-0.15, -0.1) is 0 Å². The molecule has 0 aromatic heterocycles. The van der Waals surface area contributed by atoms with Crippen molar-refractivity contribution in [1.82, 2.24) is 20.9 Å². The Morgan fingerprint density at radius 1 is 0.938 bits per heavy atom. The van der Waals surface area contributed by atoms with Gasteiger partial charge in [0.25, 0.3) is 5.91 Å².